The van der Waals surface area contributed by atoms with Crippen LogP contribution in [0.5, 0.6) is 0 Å². The lowest BCUT2D eigenvalue weighted by molar-refractivity contribution is -0.158. The first-order chi connectivity index (χ1) is 8.87. The molecule has 2 rings (SSSR count). The predicted octanol–water partition coefficient (Wildman–Crippen LogP) is 0.297. The van der Waals surface area contributed by atoms with Gasteiger partial charge >= 0.3 is 6.18 Å². The largest absolute Gasteiger partial charge is 0.406 e. The summed E-state index contributed by atoms with van der Waals surface area (Å²) in [7, 11) is 0. The molecule has 0 radical (unpaired) electrons. The molecule has 20 heavy (non-hydrogen) atoms. The van der Waals surface area contributed by atoms with Crippen molar-refractivity contribution in [3.8, 4) is 0 Å². The minimum atomic E-state index is -4.40. The maximum atomic E-state index is 12.2. The van der Waals surface area contributed by atoms with E-state index in [0.29, 0.717) is 13.0 Å². The summed E-state index contributed by atoms with van der Waals surface area (Å²) in [5.41, 5.74) is 0. The van der Waals surface area contributed by atoms with Crippen molar-refractivity contribution in [2.45, 2.75) is 25.1 Å². The second-order valence-electron chi connectivity index (χ2n) is 4.91. The zero-order valence-corrected chi connectivity index (χ0v) is 11.5. The second kappa shape index (κ2) is 6.62. The molecule has 2 aliphatic heterocycles. The first-order valence-electron chi connectivity index (χ1n) is 6.23. The molecule has 2 N–H and O–H groups in total. The van der Waals surface area contributed by atoms with Gasteiger partial charge in [-0.05, 0) is 19.4 Å². The molecule has 2 saturated heterocycles. The van der Waals surface area contributed by atoms with Crippen molar-refractivity contribution < 1.29 is 22.8 Å². The van der Waals surface area contributed by atoms with Gasteiger partial charge in [-0.1, -0.05) is 0 Å². The highest BCUT2D eigenvalue weighted by molar-refractivity contribution is 5.90. The van der Waals surface area contributed by atoms with E-state index in [1.54, 1.807) is 0 Å². The van der Waals surface area contributed by atoms with Crippen molar-refractivity contribution in [2.75, 3.05) is 26.2 Å². The summed E-state index contributed by atoms with van der Waals surface area (Å²) in [6.07, 6.45) is -3.47. The van der Waals surface area contributed by atoms with Crippen LogP contribution in [-0.4, -0.2) is 55.1 Å². The lowest BCUT2D eigenvalue weighted by Gasteiger charge is -2.19. The lowest BCUT2D eigenvalue weighted by Crippen LogP contribution is -2.45. The highest BCUT2D eigenvalue weighted by atomic mass is 35.5. The number of carbonyl (C=O) groups is 2. The van der Waals surface area contributed by atoms with Crippen molar-refractivity contribution in [1.82, 2.24) is 15.5 Å². The van der Waals surface area contributed by atoms with Gasteiger partial charge < -0.3 is 15.5 Å². The Bertz CT molecular complexity index is 372. The Morgan fingerprint density at radius 1 is 1.40 bits per heavy atom. The van der Waals surface area contributed by atoms with E-state index in [2.05, 4.69) is 10.6 Å². The Morgan fingerprint density at radius 2 is 2.10 bits per heavy atom. The highest BCUT2D eigenvalue weighted by Crippen LogP contribution is 2.21. The fraction of sp³-hybridized carbons (Fsp3) is 0.818. The van der Waals surface area contributed by atoms with Gasteiger partial charge in [0, 0.05) is 13.1 Å². The van der Waals surface area contributed by atoms with Crippen LogP contribution in [-0.2, 0) is 9.59 Å². The van der Waals surface area contributed by atoms with Crippen LogP contribution in [0.15, 0.2) is 0 Å². The predicted molar refractivity (Wildman–Crippen MR) is 67.4 cm³/mol. The quantitative estimate of drug-likeness (QED) is 0.787. The number of nitrogens with one attached hydrogen (secondary N) is 2. The Balaban J connectivity index is 0.00000200. The molecule has 2 fully saturated rings. The van der Waals surface area contributed by atoms with E-state index in [9.17, 15) is 22.8 Å². The molecule has 9 heteroatoms. The van der Waals surface area contributed by atoms with Crippen LogP contribution in [0.25, 0.3) is 0 Å². The molecule has 0 aromatic heterocycles. The third-order valence-electron chi connectivity index (χ3n) is 3.42. The number of hydrogen-bond acceptors (Lipinski definition) is 3. The molecule has 2 aliphatic rings. The van der Waals surface area contributed by atoms with Crippen molar-refractivity contribution in [3.05, 3.63) is 0 Å². The van der Waals surface area contributed by atoms with Crippen LogP contribution in [0.1, 0.15) is 12.8 Å². The topological polar surface area (TPSA) is 61.4 Å². The van der Waals surface area contributed by atoms with Crippen LogP contribution >= 0.6 is 12.4 Å². The zero-order valence-electron chi connectivity index (χ0n) is 10.7. The molecule has 0 aliphatic carbocycles. The summed E-state index contributed by atoms with van der Waals surface area (Å²) < 4.78 is 36.7. The van der Waals surface area contributed by atoms with Crippen molar-refractivity contribution in [3.63, 3.8) is 0 Å². The minimum absolute atomic E-state index is 0. The monoisotopic (exact) mass is 315 g/mol. The first-order valence-corrected chi connectivity index (χ1v) is 6.23. The number of alkyl halides is 3. The van der Waals surface area contributed by atoms with Crippen LogP contribution in [0.4, 0.5) is 13.2 Å². The molecule has 2 heterocycles. The number of rotatable bonds is 3. The van der Waals surface area contributed by atoms with Gasteiger partial charge in [0.1, 0.15) is 12.6 Å². The SMILES string of the molecule is Cl.O=C(NC1CCN(CC(F)(F)F)C1=O)C1CCNC1. The Hall–Kier alpha value is -1.02. The summed E-state index contributed by atoms with van der Waals surface area (Å²) in [6.45, 7) is 0.0886. The van der Waals surface area contributed by atoms with Crippen LogP contribution in [0.3, 0.4) is 0 Å². The lowest BCUT2D eigenvalue weighted by atomic mass is 10.1. The Labute approximate surface area is 120 Å². The van der Waals surface area contributed by atoms with Gasteiger partial charge in [-0.15, -0.1) is 12.4 Å². The van der Waals surface area contributed by atoms with Crippen molar-refractivity contribution in [2.24, 2.45) is 5.92 Å². The molecule has 2 amide bonds. The second-order valence-corrected chi connectivity index (χ2v) is 4.91. The van der Waals surface area contributed by atoms with E-state index < -0.39 is 24.7 Å². The molecule has 0 aromatic rings. The molecular weight excluding hydrogens is 299 g/mol. The van der Waals surface area contributed by atoms with Crippen LogP contribution in [0, 0.1) is 5.92 Å². The highest BCUT2D eigenvalue weighted by Gasteiger charge is 2.40. The summed E-state index contributed by atoms with van der Waals surface area (Å²) in [4.78, 5) is 24.3. The van der Waals surface area contributed by atoms with Gasteiger partial charge in [0.25, 0.3) is 0 Å². The van der Waals surface area contributed by atoms with E-state index in [-0.39, 0.29) is 37.2 Å². The van der Waals surface area contributed by atoms with E-state index >= 15 is 0 Å². The molecular formula is C11H17ClF3N3O2. The average molecular weight is 316 g/mol. The zero-order chi connectivity index (χ0) is 14.0. The number of nitrogens with zero attached hydrogens (tertiary/aromatic N) is 1. The molecule has 116 valence electrons. The maximum Gasteiger partial charge on any atom is 0.406 e. The van der Waals surface area contributed by atoms with Gasteiger partial charge in [-0.25, -0.2) is 0 Å². The van der Waals surface area contributed by atoms with E-state index in [1.165, 1.54) is 0 Å². The molecule has 0 spiro atoms. The fourth-order valence-corrected chi connectivity index (χ4v) is 2.41. The van der Waals surface area contributed by atoms with E-state index in [1.807, 2.05) is 0 Å². The maximum absolute atomic E-state index is 12.2. The molecule has 2 unspecified atom stereocenters. The summed E-state index contributed by atoms with van der Waals surface area (Å²) >= 11 is 0. The molecule has 0 saturated carbocycles. The summed E-state index contributed by atoms with van der Waals surface area (Å²) in [5, 5.41) is 5.57. The molecule has 5 nitrogen and oxygen atoms in total. The molecule has 2 atom stereocenters. The fourth-order valence-electron chi connectivity index (χ4n) is 2.41. The Kier molecular flexibility index (Phi) is 5.64. The third-order valence-corrected chi connectivity index (χ3v) is 3.42. The summed E-state index contributed by atoms with van der Waals surface area (Å²) in [5.74, 6) is -1.08. The number of likely N-dealkylation sites (tertiary alicyclic amines) is 1. The average Bonchev–Trinajstić information content (AvgIpc) is 2.92. The van der Waals surface area contributed by atoms with Gasteiger partial charge in [-0.3, -0.25) is 9.59 Å². The van der Waals surface area contributed by atoms with Gasteiger partial charge in [0.2, 0.25) is 11.8 Å². The van der Waals surface area contributed by atoms with E-state index in [4.69, 9.17) is 0 Å². The van der Waals surface area contributed by atoms with Crippen molar-refractivity contribution in [1.29, 1.82) is 0 Å². The Morgan fingerprint density at radius 3 is 2.65 bits per heavy atom. The van der Waals surface area contributed by atoms with Gasteiger partial charge in [0.15, 0.2) is 0 Å². The van der Waals surface area contributed by atoms with E-state index in [0.717, 1.165) is 11.4 Å². The third kappa shape index (κ3) is 4.24. The summed E-state index contributed by atoms with van der Waals surface area (Å²) in [6, 6.07) is -0.810. The number of carbonyl (C=O) groups excluding carboxylic acids is 2. The van der Waals surface area contributed by atoms with Gasteiger partial charge in [-0.2, -0.15) is 13.2 Å². The van der Waals surface area contributed by atoms with Gasteiger partial charge in [0.05, 0.1) is 5.92 Å². The van der Waals surface area contributed by atoms with Crippen molar-refractivity contribution >= 4 is 24.2 Å². The standard InChI is InChI=1S/C11H16F3N3O2.ClH/c12-11(13,14)6-17-4-2-8(10(17)19)16-9(18)7-1-3-15-5-7;/h7-8,15H,1-6H2,(H,16,18);1H. The number of amides is 2. The minimum Gasteiger partial charge on any atom is -0.344 e. The van der Waals surface area contributed by atoms with Crippen LogP contribution in [0.2, 0.25) is 0 Å². The normalized spacial score (nSPS) is 26.6. The molecule has 0 aromatic carbocycles. The molecule has 0 bridgehead atoms. The number of hydrogen-bond donors (Lipinski definition) is 2. The smallest absolute Gasteiger partial charge is 0.344 e. The van der Waals surface area contributed by atoms with Crippen LogP contribution < -0.4 is 10.6 Å². The first kappa shape index (κ1) is 17.0. The number of halogens is 4.